The Hall–Kier alpha value is -3.81. The van der Waals surface area contributed by atoms with Crippen LogP contribution in [0, 0.1) is 5.82 Å². The standard InChI is InChI=1S/C20H16FN5O2/c21-16-9-5-4-8-15(16)20(27)22-12-13-28-18-11-10-17-23-24-19(26(17)25-18)14-6-2-1-3-7-14/h1-11H,12-13H2,(H,22,27). The van der Waals surface area contributed by atoms with E-state index >= 15 is 0 Å². The van der Waals surface area contributed by atoms with Gasteiger partial charge in [-0.2, -0.15) is 4.52 Å². The van der Waals surface area contributed by atoms with Crippen molar-refractivity contribution >= 4 is 11.6 Å². The molecule has 0 aliphatic carbocycles. The summed E-state index contributed by atoms with van der Waals surface area (Å²) < 4.78 is 20.8. The van der Waals surface area contributed by atoms with Crippen molar-refractivity contribution in [3.05, 3.63) is 78.1 Å². The second-order valence-electron chi connectivity index (χ2n) is 5.92. The normalized spacial score (nSPS) is 10.8. The van der Waals surface area contributed by atoms with Crippen molar-refractivity contribution in [2.75, 3.05) is 13.2 Å². The third kappa shape index (κ3) is 3.66. The Morgan fingerprint density at radius 1 is 1.00 bits per heavy atom. The fourth-order valence-electron chi connectivity index (χ4n) is 2.68. The van der Waals surface area contributed by atoms with Crippen molar-refractivity contribution in [3.63, 3.8) is 0 Å². The fourth-order valence-corrected chi connectivity index (χ4v) is 2.68. The summed E-state index contributed by atoms with van der Waals surface area (Å²) in [5.41, 5.74) is 1.48. The van der Waals surface area contributed by atoms with Gasteiger partial charge in [-0.25, -0.2) is 4.39 Å². The van der Waals surface area contributed by atoms with E-state index in [-0.39, 0.29) is 18.7 Å². The van der Waals surface area contributed by atoms with Crippen LogP contribution in [0.5, 0.6) is 5.88 Å². The Morgan fingerprint density at radius 3 is 2.61 bits per heavy atom. The van der Waals surface area contributed by atoms with Crippen LogP contribution in [-0.4, -0.2) is 38.9 Å². The molecule has 0 atom stereocenters. The molecular weight excluding hydrogens is 361 g/mol. The first kappa shape index (κ1) is 17.6. The minimum absolute atomic E-state index is 0.000891. The summed E-state index contributed by atoms with van der Waals surface area (Å²) >= 11 is 0. The van der Waals surface area contributed by atoms with Crippen molar-refractivity contribution in [3.8, 4) is 17.3 Å². The molecule has 1 N–H and O–H groups in total. The maximum atomic E-state index is 13.6. The first-order chi connectivity index (χ1) is 13.7. The number of ether oxygens (including phenoxy) is 1. The zero-order chi connectivity index (χ0) is 19.3. The van der Waals surface area contributed by atoms with Gasteiger partial charge in [0.05, 0.1) is 12.1 Å². The van der Waals surface area contributed by atoms with Gasteiger partial charge < -0.3 is 10.1 Å². The fraction of sp³-hybridized carbons (Fsp3) is 0.100. The van der Waals surface area contributed by atoms with Gasteiger partial charge in [0.25, 0.3) is 5.91 Å². The van der Waals surface area contributed by atoms with E-state index in [9.17, 15) is 9.18 Å². The number of fused-ring (bicyclic) bond motifs is 1. The molecule has 0 bridgehead atoms. The molecule has 140 valence electrons. The molecule has 28 heavy (non-hydrogen) atoms. The third-order valence-electron chi connectivity index (χ3n) is 4.03. The highest BCUT2D eigenvalue weighted by molar-refractivity contribution is 5.94. The summed E-state index contributed by atoms with van der Waals surface area (Å²) in [5, 5.41) is 15.3. The van der Waals surface area contributed by atoms with E-state index in [1.807, 2.05) is 30.3 Å². The largest absolute Gasteiger partial charge is 0.475 e. The molecule has 0 saturated carbocycles. The smallest absolute Gasteiger partial charge is 0.254 e. The van der Waals surface area contributed by atoms with Crippen molar-refractivity contribution in [1.82, 2.24) is 25.1 Å². The number of benzene rings is 2. The lowest BCUT2D eigenvalue weighted by Crippen LogP contribution is -2.28. The van der Waals surface area contributed by atoms with Crippen LogP contribution in [0.1, 0.15) is 10.4 Å². The van der Waals surface area contributed by atoms with Gasteiger partial charge in [-0.05, 0) is 18.2 Å². The van der Waals surface area contributed by atoms with E-state index in [0.717, 1.165) is 5.56 Å². The number of amides is 1. The number of nitrogens with zero attached hydrogens (tertiary/aromatic N) is 4. The van der Waals surface area contributed by atoms with Gasteiger partial charge in [0.2, 0.25) is 5.88 Å². The molecule has 0 aliphatic heterocycles. The maximum Gasteiger partial charge on any atom is 0.254 e. The number of hydrogen-bond donors (Lipinski definition) is 1. The van der Waals surface area contributed by atoms with E-state index in [4.69, 9.17) is 4.74 Å². The highest BCUT2D eigenvalue weighted by atomic mass is 19.1. The molecule has 2 aromatic carbocycles. The average Bonchev–Trinajstić information content (AvgIpc) is 3.15. The van der Waals surface area contributed by atoms with Gasteiger partial charge in [-0.15, -0.1) is 15.3 Å². The number of nitrogens with one attached hydrogen (secondary N) is 1. The Labute approximate surface area is 159 Å². The van der Waals surface area contributed by atoms with Crippen LogP contribution in [0.2, 0.25) is 0 Å². The monoisotopic (exact) mass is 377 g/mol. The third-order valence-corrected chi connectivity index (χ3v) is 4.03. The van der Waals surface area contributed by atoms with E-state index in [2.05, 4.69) is 20.6 Å². The highest BCUT2D eigenvalue weighted by Crippen LogP contribution is 2.18. The molecule has 0 spiro atoms. The number of rotatable bonds is 6. The van der Waals surface area contributed by atoms with Gasteiger partial charge in [0.15, 0.2) is 11.5 Å². The number of carbonyl (C=O) groups excluding carboxylic acids is 1. The number of carbonyl (C=O) groups is 1. The van der Waals surface area contributed by atoms with Crippen LogP contribution in [0.4, 0.5) is 4.39 Å². The van der Waals surface area contributed by atoms with Gasteiger partial charge >= 0.3 is 0 Å². The van der Waals surface area contributed by atoms with Crippen molar-refractivity contribution in [2.24, 2.45) is 0 Å². The molecule has 0 fully saturated rings. The molecule has 1 amide bonds. The Kier molecular flexibility index (Phi) is 4.92. The van der Waals surface area contributed by atoms with Crippen LogP contribution < -0.4 is 10.1 Å². The summed E-state index contributed by atoms with van der Waals surface area (Å²) in [5.74, 6) is -0.0807. The minimum atomic E-state index is -0.561. The number of halogens is 1. The van der Waals surface area contributed by atoms with Gasteiger partial charge in [0.1, 0.15) is 12.4 Å². The second-order valence-corrected chi connectivity index (χ2v) is 5.92. The Bertz CT molecular complexity index is 1110. The summed E-state index contributed by atoms with van der Waals surface area (Å²) in [6.07, 6.45) is 0. The van der Waals surface area contributed by atoms with E-state index < -0.39 is 11.7 Å². The topological polar surface area (TPSA) is 81.4 Å². The summed E-state index contributed by atoms with van der Waals surface area (Å²) in [7, 11) is 0. The first-order valence-electron chi connectivity index (χ1n) is 8.66. The highest BCUT2D eigenvalue weighted by Gasteiger charge is 2.11. The summed E-state index contributed by atoms with van der Waals surface area (Å²) in [6, 6.07) is 18.8. The SMILES string of the molecule is O=C(NCCOc1ccc2nnc(-c3ccccc3)n2n1)c1ccccc1F. The molecule has 7 nitrogen and oxygen atoms in total. The average molecular weight is 377 g/mol. The number of hydrogen-bond acceptors (Lipinski definition) is 5. The molecule has 0 unspecified atom stereocenters. The molecule has 0 saturated heterocycles. The summed E-state index contributed by atoms with van der Waals surface area (Å²) in [4.78, 5) is 12.0. The van der Waals surface area contributed by atoms with Gasteiger partial charge in [0, 0.05) is 11.6 Å². The molecule has 8 heteroatoms. The van der Waals surface area contributed by atoms with Gasteiger partial charge in [-0.1, -0.05) is 42.5 Å². The maximum absolute atomic E-state index is 13.6. The first-order valence-corrected chi connectivity index (χ1v) is 8.66. The van der Waals surface area contributed by atoms with Crippen LogP contribution in [0.25, 0.3) is 17.0 Å². The summed E-state index contributed by atoms with van der Waals surface area (Å²) in [6.45, 7) is 0.391. The zero-order valence-corrected chi connectivity index (χ0v) is 14.7. The molecule has 4 aromatic rings. The molecule has 4 rings (SSSR count). The number of aromatic nitrogens is 4. The van der Waals surface area contributed by atoms with Crippen molar-refractivity contribution in [1.29, 1.82) is 0 Å². The van der Waals surface area contributed by atoms with Crippen molar-refractivity contribution < 1.29 is 13.9 Å². The predicted octanol–water partition coefficient (Wildman–Crippen LogP) is 2.74. The molecule has 0 aliphatic rings. The zero-order valence-electron chi connectivity index (χ0n) is 14.7. The lowest BCUT2D eigenvalue weighted by atomic mass is 10.2. The van der Waals surface area contributed by atoms with E-state index in [0.29, 0.717) is 17.4 Å². The molecular formula is C20H16FN5O2. The second kappa shape index (κ2) is 7.83. The Morgan fingerprint density at radius 2 is 1.79 bits per heavy atom. The van der Waals surface area contributed by atoms with E-state index in [1.54, 1.807) is 22.7 Å². The van der Waals surface area contributed by atoms with Crippen LogP contribution in [0.3, 0.4) is 0 Å². The Balaban J connectivity index is 1.40. The van der Waals surface area contributed by atoms with Crippen LogP contribution >= 0.6 is 0 Å². The van der Waals surface area contributed by atoms with E-state index in [1.165, 1.54) is 18.2 Å². The lowest BCUT2D eigenvalue weighted by molar-refractivity contribution is 0.0942. The lowest BCUT2D eigenvalue weighted by Gasteiger charge is -2.08. The molecule has 2 heterocycles. The molecule has 0 radical (unpaired) electrons. The molecule has 2 aromatic heterocycles. The quantitative estimate of drug-likeness (QED) is 0.523. The van der Waals surface area contributed by atoms with Crippen molar-refractivity contribution in [2.45, 2.75) is 0 Å². The van der Waals surface area contributed by atoms with Crippen LogP contribution in [0.15, 0.2) is 66.7 Å². The minimum Gasteiger partial charge on any atom is -0.475 e. The van der Waals surface area contributed by atoms with Gasteiger partial charge in [-0.3, -0.25) is 4.79 Å². The predicted molar refractivity (Wildman–Crippen MR) is 100 cm³/mol. The van der Waals surface area contributed by atoms with Crippen LogP contribution in [-0.2, 0) is 0 Å².